The molecule has 1 aromatic carbocycles. The Hall–Kier alpha value is -1.75. The van der Waals surface area contributed by atoms with Gasteiger partial charge in [-0.1, -0.05) is 6.07 Å². The lowest BCUT2D eigenvalue weighted by atomic mass is 10.1. The number of phenols is 1. The molecule has 5 heteroatoms. The summed E-state index contributed by atoms with van der Waals surface area (Å²) in [5.41, 5.74) is 6.02. The molecule has 92 valence electrons. The van der Waals surface area contributed by atoms with Crippen LogP contribution in [0, 0.1) is 0 Å². The Labute approximate surface area is 99.8 Å². The molecule has 3 N–H and O–H groups in total. The predicted octanol–water partition coefficient (Wildman–Crippen LogP) is 0.574. The number of nitrogens with zero attached hydrogens (tertiary/aromatic N) is 1. The fourth-order valence-electron chi connectivity index (χ4n) is 2.00. The van der Waals surface area contributed by atoms with Crippen molar-refractivity contribution >= 4 is 5.91 Å². The summed E-state index contributed by atoms with van der Waals surface area (Å²) >= 11 is 0. The number of carbonyl (C=O) groups is 1. The van der Waals surface area contributed by atoms with Crippen molar-refractivity contribution in [1.82, 2.24) is 4.90 Å². The van der Waals surface area contributed by atoms with Crippen molar-refractivity contribution in [2.75, 3.05) is 20.2 Å². The maximum Gasteiger partial charge on any atom is 0.257 e. The summed E-state index contributed by atoms with van der Waals surface area (Å²) in [5.74, 6) is -0.00540. The first-order chi connectivity index (χ1) is 8.13. The van der Waals surface area contributed by atoms with Crippen LogP contribution in [0.2, 0.25) is 0 Å². The van der Waals surface area contributed by atoms with Gasteiger partial charge in [0.1, 0.15) is 0 Å². The van der Waals surface area contributed by atoms with Crippen LogP contribution in [0.4, 0.5) is 0 Å². The van der Waals surface area contributed by atoms with E-state index in [4.69, 9.17) is 10.5 Å². The minimum absolute atomic E-state index is 0.0340. The van der Waals surface area contributed by atoms with E-state index in [-0.39, 0.29) is 23.3 Å². The fraction of sp³-hybridized carbons (Fsp3) is 0.417. The largest absolute Gasteiger partial charge is 0.504 e. The van der Waals surface area contributed by atoms with Gasteiger partial charge in [0, 0.05) is 19.1 Å². The number of ether oxygens (including phenoxy) is 1. The van der Waals surface area contributed by atoms with E-state index >= 15 is 0 Å². The molecule has 1 aliphatic rings. The monoisotopic (exact) mass is 236 g/mol. The van der Waals surface area contributed by atoms with E-state index in [1.807, 2.05) is 0 Å². The van der Waals surface area contributed by atoms with Gasteiger partial charge in [-0.25, -0.2) is 0 Å². The van der Waals surface area contributed by atoms with Crippen LogP contribution in [0.5, 0.6) is 11.5 Å². The van der Waals surface area contributed by atoms with Crippen molar-refractivity contribution in [2.45, 2.75) is 12.5 Å². The highest BCUT2D eigenvalue weighted by Crippen LogP contribution is 2.30. The number of amides is 1. The van der Waals surface area contributed by atoms with Crippen LogP contribution < -0.4 is 10.5 Å². The zero-order valence-corrected chi connectivity index (χ0v) is 9.72. The third kappa shape index (κ3) is 2.19. The van der Waals surface area contributed by atoms with Crippen LogP contribution in [0.15, 0.2) is 18.2 Å². The minimum atomic E-state index is -0.200. The van der Waals surface area contributed by atoms with Crippen LogP contribution in [-0.2, 0) is 0 Å². The molecule has 0 spiro atoms. The molecule has 0 radical (unpaired) electrons. The number of hydrogen-bond donors (Lipinski definition) is 2. The topological polar surface area (TPSA) is 75.8 Å². The molecule has 0 aliphatic carbocycles. The second-order valence-corrected chi connectivity index (χ2v) is 4.16. The molecule has 0 unspecified atom stereocenters. The van der Waals surface area contributed by atoms with Crippen molar-refractivity contribution < 1.29 is 14.6 Å². The lowest BCUT2D eigenvalue weighted by Gasteiger charge is -2.17. The Kier molecular flexibility index (Phi) is 3.19. The van der Waals surface area contributed by atoms with Gasteiger partial charge in [0.15, 0.2) is 11.5 Å². The smallest absolute Gasteiger partial charge is 0.257 e. The summed E-state index contributed by atoms with van der Waals surface area (Å²) in [4.78, 5) is 13.8. The minimum Gasteiger partial charge on any atom is -0.504 e. The Balaban J connectivity index is 2.25. The summed E-state index contributed by atoms with van der Waals surface area (Å²) in [6.07, 6.45) is 0.802. The number of carbonyl (C=O) groups excluding carboxylic acids is 1. The molecule has 1 aromatic rings. The molecule has 1 heterocycles. The standard InChI is InChI=1S/C12H16N2O3/c1-17-10-4-2-3-9(11(10)15)12(16)14-6-5-8(13)7-14/h2-4,8,15H,5-7,13H2,1H3/t8-/m1/s1. The highest BCUT2D eigenvalue weighted by atomic mass is 16.5. The van der Waals surface area contributed by atoms with Gasteiger partial charge in [-0.15, -0.1) is 0 Å². The Morgan fingerprint density at radius 3 is 2.94 bits per heavy atom. The van der Waals surface area contributed by atoms with Crippen molar-refractivity contribution in [3.8, 4) is 11.5 Å². The Bertz CT molecular complexity index is 434. The summed E-state index contributed by atoms with van der Waals surface area (Å²) in [7, 11) is 1.45. The lowest BCUT2D eigenvalue weighted by Crippen LogP contribution is -2.31. The molecule has 0 saturated carbocycles. The summed E-state index contributed by atoms with van der Waals surface area (Å²) in [6.45, 7) is 1.17. The molecule has 1 saturated heterocycles. The van der Waals surface area contributed by atoms with Crippen molar-refractivity contribution in [3.05, 3.63) is 23.8 Å². The highest BCUT2D eigenvalue weighted by Gasteiger charge is 2.26. The second kappa shape index (κ2) is 4.63. The van der Waals surface area contributed by atoms with Crippen molar-refractivity contribution in [2.24, 2.45) is 5.73 Å². The number of benzene rings is 1. The molecule has 17 heavy (non-hydrogen) atoms. The maximum absolute atomic E-state index is 12.1. The first-order valence-corrected chi connectivity index (χ1v) is 5.54. The van der Waals surface area contributed by atoms with Gasteiger partial charge < -0.3 is 20.5 Å². The third-order valence-corrected chi connectivity index (χ3v) is 2.96. The molecule has 0 bridgehead atoms. The first kappa shape index (κ1) is 11.7. The Morgan fingerprint density at radius 1 is 1.59 bits per heavy atom. The van der Waals surface area contributed by atoms with Gasteiger partial charge in [-0.05, 0) is 18.6 Å². The van der Waals surface area contributed by atoms with Gasteiger partial charge in [-0.3, -0.25) is 4.79 Å². The number of likely N-dealkylation sites (tertiary alicyclic amines) is 1. The molecular formula is C12H16N2O3. The summed E-state index contributed by atoms with van der Waals surface area (Å²) < 4.78 is 4.97. The predicted molar refractivity (Wildman–Crippen MR) is 63.2 cm³/mol. The van der Waals surface area contributed by atoms with Gasteiger partial charge in [0.25, 0.3) is 5.91 Å². The molecule has 1 fully saturated rings. The molecule has 1 atom stereocenters. The average Bonchev–Trinajstić information content (AvgIpc) is 2.75. The summed E-state index contributed by atoms with van der Waals surface area (Å²) in [6, 6.07) is 4.92. The Morgan fingerprint density at radius 2 is 2.35 bits per heavy atom. The zero-order chi connectivity index (χ0) is 12.4. The van der Waals surface area contributed by atoms with E-state index in [2.05, 4.69) is 0 Å². The average molecular weight is 236 g/mol. The number of phenolic OH excluding ortho intramolecular Hbond substituents is 1. The van der Waals surface area contributed by atoms with E-state index in [1.165, 1.54) is 7.11 Å². The fourth-order valence-corrected chi connectivity index (χ4v) is 2.00. The molecule has 2 rings (SSSR count). The van der Waals surface area contributed by atoms with Gasteiger partial charge in [0.2, 0.25) is 0 Å². The van der Waals surface area contributed by atoms with E-state index in [0.717, 1.165) is 6.42 Å². The number of methoxy groups -OCH3 is 1. The SMILES string of the molecule is COc1cccc(C(=O)N2CC[C@@H](N)C2)c1O. The van der Waals surface area contributed by atoms with Crippen LogP contribution in [0.1, 0.15) is 16.8 Å². The second-order valence-electron chi connectivity index (χ2n) is 4.16. The van der Waals surface area contributed by atoms with Gasteiger partial charge in [0.05, 0.1) is 12.7 Å². The van der Waals surface area contributed by atoms with E-state index < -0.39 is 0 Å². The molecule has 5 nitrogen and oxygen atoms in total. The van der Waals surface area contributed by atoms with Crippen molar-refractivity contribution in [1.29, 1.82) is 0 Å². The number of aromatic hydroxyl groups is 1. The van der Waals surface area contributed by atoms with Crippen LogP contribution in [0.25, 0.3) is 0 Å². The van der Waals surface area contributed by atoms with Crippen LogP contribution in [-0.4, -0.2) is 42.2 Å². The highest BCUT2D eigenvalue weighted by molar-refractivity contribution is 5.97. The van der Waals surface area contributed by atoms with Gasteiger partial charge >= 0.3 is 0 Å². The van der Waals surface area contributed by atoms with Crippen molar-refractivity contribution in [3.63, 3.8) is 0 Å². The van der Waals surface area contributed by atoms with Crippen LogP contribution in [0.3, 0.4) is 0 Å². The quantitative estimate of drug-likeness (QED) is 0.787. The number of nitrogens with two attached hydrogens (primary N) is 1. The van der Waals surface area contributed by atoms with Crippen LogP contribution >= 0.6 is 0 Å². The third-order valence-electron chi connectivity index (χ3n) is 2.96. The summed E-state index contributed by atoms with van der Waals surface area (Å²) in [5, 5.41) is 9.88. The normalized spacial score (nSPS) is 19.4. The molecule has 1 amide bonds. The van der Waals surface area contributed by atoms with Gasteiger partial charge in [-0.2, -0.15) is 0 Å². The van der Waals surface area contributed by atoms with E-state index in [9.17, 15) is 9.90 Å². The van der Waals surface area contributed by atoms with E-state index in [0.29, 0.717) is 18.8 Å². The maximum atomic E-state index is 12.1. The zero-order valence-electron chi connectivity index (χ0n) is 9.72. The number of hydrogen-bond acceptors (Lipinski definition) is 4. The lowest BCUT2D eigenvalue weighted by molar-refractivity contribution is 0.0787. The number of para-hydroxylation sites is 1. The number of rotatable bonds is 2. The molecule has 1 aliphatic heterocycles. The first-order valence-electron chi connectivity index (χ1n) is 5.54. The van der Waals surface area contributed by atoms with E-state index in [1.54, 1.807) is 23.1 Å². The molecular weight excluding hydrogens is 220 g/mol. The molecule has 0 aromatic heterocycles.